The van der Waals surface area contributed by atoms with E-state index in [1.165, 1.54) is 25.1 Å². The average molecular weight is 385 g/mol. The van der Waals surface area contributed by atoms with E-state index in [9.17, 15) is 23.7 Å². The number of hydrogen-bond donors (Lipinski definition) is 1. The molecule has 2 rings (SSSR count). The molecule has 0 heterocycles. The quantitative estimate of drug-likeness (QED) is 0.636. The molecule has 2 aromatic carbocycles. The van der Waals surface area contributed by atoms with Crippen molar-refractivity contribution in [2.45, 2.75) is 13.0 Å². The van der Waals surface area contributed by atoms with Gasteiger partial charge in [-0.15, -0.1) is 0 Å². The molecule has 0 aromatic heterocycles. The number of nitrogens with zero attached hydrogens (tertiary/aromatic N) is 1. The van der Waals surface area contributed by atoms with Crippen LogP contribution in [0.25, 0.3) is 0 Å². The summed E-state index contributed by atoms with van der Waals surface area (Å²) in [5, 5.41) is 13.4. The summed E-state index contributed by atoms with van der Waals surface area (Å²) in [5.74, 6) is -2.09. The molecule has 0 saturated carbocycles. The molecule has 8 heteroatoms. The minimum Gasteiger partial charge on any atom is -0.345 e. The van der Waals surface area contributed by atoms with Crippen LogP contribution in [0.1, 0.15) is 28.9 Å². The van der Waals surface area contributed by atoms with Gasteiger partial charge in [0, 0.05) is 23.3 Å². The zero-order chi connectivity index (χ0) is 17.1. The van der Waals surface area contributed by atoms with E-state index in [4.69, 9.17) is 0 Å². The van der Waals surface area contributed by atoms with Crippen LogP contribution in [0, 0.1) is 21.7 Å². The molecule has 0 aliphatic heterocycles. The molecule has 0 saturated heterocycles. The molecule has 5 nitrogen and oxygen atoms in total. The molecule has 0 spiro atoms. The number of benzene rings is 2. The standard InChI is InChI=1S/C15H11BrF2N2O3/c1-8(11-4-3-10(17)7-13(11)18)19-15(21)9-2-5-12(16)14(6-9)20(22)23/h2-8H,1H3,(H,19,21)/t8-/m1/s1. The average Bonchev–Trinajstić information content (AvgIpc) is 2.46. The first-order chi connectivity index (χ1) is 10.8. The zero-order valence-electron chi connectivity index (χ0n) is 11.8. The van der Waals surface area contributed by atoms with Gasteiger partial charge in [0.05, 0.1) is 15.4 Å². The molecule has 0 fully saturated rings. The van der Waals surface area contributed by atoms with Gasteiger partial charge < -0.3 is 5.32 Å². The van der Waals surface area contributed by atoms with Gasteiger partial charge in [-0.25, -0.2) is 8.78 Å². The van der Waals surface area contributed by atoms with E-state index in [1.54, 1.807) is 0 Å². The van der Waals surface area contributed by atoms with Crippen molar-refractivity contribution >= 4 is 27.5 Å². The van der Waals surface area contributed by atoms with Crippen LogP contribution >= 0.6 is 15.9 Å². The fraction of sp³-hybridized carbons (Fsp3) is 0.133. The van der Waals surface area contributed by atoms with Gasteiger partial charge in [-0.05, 0) is 41.1 Å². The minimum absolute atomic E-state index is 0.0641. The smallest absolute Gasteiger partial charge is 0.284 e. The summed E-state index contributed by atoms with van der Waals surface area (Å²) < 4.78 is 26.8. The SMILES string of the molecule is C[C@@H](NC(=O)c1ccc(Br)c([N+](=O)[O-])c1)c1ccc(F)cc1F. The van der Waals surface area contributed by atoms with Crippen LogP contribution < -0.4 is 5.32 Å². The maximum atomic E-state index is 13.7. The van der Waals surface area contributed by atoms with Gasteiger partial charge in [-0.2, -0.15) is 0 Å². The van der Waals surface area contributed by atoms with Gasteiger partial charge >= 0.3 is 0 Å². The van der Waals surface area contributed by atoms with E-state index in [2.05, 4.69) is 21.2 Å². The van der Waals surface area contributed by atoms with E-state index in [-0.39, 0.29) is 21.3 Å². The lowest BCUT2D eigenvalue weighted by molar-refractivity contribution is -0.385. The van der Waals surface area contributed by atoms with Gasteiger partial charge in [0.15, 0.2) is 0 Å². The summed E-state index contributed by atoms with van der Waals surface area (Å²) in [5.41, 5.74) is -0.0705. The Labute approximate surface area is 138 Å². The van der Waals surface area contributed by atoms with Crippen molar-refractivity contribution in [2.75, 3.05) is 0 Å². The Hall–Kier alpha value is -2.35. The fourth-order valence-corrected chi connectivity index (χ4v) is 2.40. The lowest BCUT2D eigenvalue weighted by Crippen LogP contribution is -2.27. The topological polar surface area (TPSA) is 72.2 Å². The molecular weight excluding hydrogens is 374 g/mol. The van der Waals surface area contributed by atoms with Crippen molar-refractivity contribution in [3.8, 4) is 0 Å². The molecule has 0 bridgehead atoms. The van der Waals surface area contributed by atoms with Crippen LogP contribution in [0.15, 0.2) is 40.9 Å². The normalized spacial score (nSPS) is 11.8. The Morgan fingerprint density at radius 1 is 1.26 bits per heavy atom. The van der Waals surface area contributed by atoms with Crippen molar-refractivity contribution in [3.05, 3.63) is 73.7 Å². The third-order valence-corrected chi connectivity index (χ3v) is 3.85. The molecule has 1 amide bonds. The van der Waals surface area contributed by atoms with Gasteiger partial charge in [0.25, 0.3) is 11.6 Å². The Balaban J connectivity index is 2.21. The third-order valence-electron chi connectivity index (χ3n) is 3.18. The predicted molar refractivity (Wildman–Crippen MR) is 83.0 cm³/mol. The molecule has 2 aromatic rings. The van der Waals surface area contributed by atoms with Crippen LogP contribution in [-0.4, -0.2) is 10.8 Å². The van der Waals surface area contributed by atoms with Crippen molar-refractivity contribution in [1.29, 1.82) is 0 Å². The number of halogens is 3. The summed E-state index contributed by atoms with van der Waals surface area (Å²) in [6, 6.07) is 6.22. The van der Waals surface area contributed by atoms with Crippen LogP contribution in [0.4, 0.5) is 14.5 Å². The fourth-order valence-electron chi connectivity index (χ4n) is 2.00. The van der Waals surface area contributed by atoms with Crippen molar-refractivity contribution in [2.24, 2.45) is 0 Å². The Morgan fingerprint density at radius 2 is 1.96 bits per heavy atom. The van der Waals surface area contributed by atoms with Crippen LogP contribution in [-0.2, 0) is 0 Å². The molecule has 0 aliphatic carbocycles. The second-order valence-corrected chi connectivity index (χ2v) is 5.64. The molecule has 0 unspecified atom stereocenters. The number of carbonyl (C=O) groups is 1. The molecule has 1 atom stereocenters. The second kappa shape index (κ2) is 6.82. The molecule has 23 heavy (non-hydrogen) atoms. The second-order valence-electron chi connectivity index (χ2n) is 4.78. The summed E-state index contributed by atoms with van der Waals surface area (Å²) in [6.07, 6.45) is 0. The summed E-state index contributed by atoms with van der Waals surface area (Å²) in [4.78, 5) is 22.4. The number of rotatable bonds is 4. The first-order valence-corrected chi connectivity index (χ1v) is 7.28. The number of nitrogens with one attached hydrogen (secondary N) is 1. The monoisotopic (exact) mass is 384 g/mol. The lowest BCUT2D eigenvalue weighted by Gasteiger charge is -2.15. The van der Waals surface area contributed by atoms with E-state index in [0.29, 0.717) is 0 Å². The molecular formula is C15H11BrF2N2O3. The van der Waals surface area contributed by atoms with E-state index in [1.807, 2.05) is 0 Å². The third kappa shape index (κ3) is 3.89. The predicted octanol–water partition coefficient (Wildman–Crippen LogP) is 4.13. The lowest BCUT2D eigenvalue weighted by atomic mass is 10.1. The molecule has 0 aliphatic rings. The summed E-state index contributed by atoms with van der Waals surface area (Å²) in [7, 11) is 0. The Morgan fingerprint density at radius 3 is 2.57 bits per heavy atom. The number of amides is 1. The minimum atomic E-state index is -0.778. The number of nitro groups is 1. The maximum Gasteiger partial charge on any atom is 0.284 e. The van der Waals surface area contributed by atoms with Gasteiger partial charge in [-0.3, -0.25) is 14.9 Å². The van der Waals surface area contributed by atoms with Crippen molar-refractivity contribution < 1.29 is 18.5 Å². The van der Waals surface area contributed by atoms with Crippen LogP contribution in [0.2, 0.25) is 0 Å². The van der Waals surface area contributed by atoms with Crippen LogP contribution in [0.5, 0.6) is 0 Å². The van der Waals surface area contributed by atoms with Gasteiger partial charge in [-0.1, -0.05) is 6.07 Å². The molecule has 0 radical (unpaired) electrons. The Bertz CT molecular complexity index is 783. The first-order valence-electron chi connectivity index (χ1n) is 6.49. The van der Waals surface area contributed by atoms with Crippen molar-refractivity contribution in [3.63, 3.8) is 0 Å². The van der Waals surface area contributed by atoms with Gasteiger partial charge in [0.1, 0.15) is 11.6 Å². The summed E-state index contributed by atoms with van der Waals surface area (Å²) in [6.45, 7) is 1.53. The number of hydrogen-bond acceptors (Lipinski definition) is 3. The highest BCUT2D eigenvalue weighted by atomic mass is 79.9. The molecule has 1 N–H and O–H groups in total. The van der Waals surface area contributed by atoms with Crippen LogP contribution in [0.3, 0.4) is 0 Å². The number of nitro benzene ring substituents is 1. The van der Waals surface area contributed by atoms with Gasteiger partial charge in [0.2, 0.25) is 0 Å². The van der Waals surface area contributed by atoms with Crippen molar-refractivity contribution in [1.82, 2.24) is 5.32 Å². The maximum absolute atomic E-state index is 13.7. The largest absolute Gasteiger partial charge is 0.345 e. The highest BCUT2D eigenvalue weighted by Crippen LogP contribution is 2.26. The zero-order valence-corrected chi connectivity index (χ0v) is 13.4. The first kappa shape index (κ1) is 17.0. The van der Waals surface area contributed by atoms with E-state index >= 15 is 0 Å². The number of carbonyl (C=O) groups excluding carboxylic acids is 1. The molecule has 120 valence electrons. The Kier molecular flexibility index (Phi) is 5.05. The highest BCUT2D eigenvalue weighted by Gasteiger charge is 2.19. The van der Waals surface area contributed by atoms with E-state index < -0.39 is 28.5 Å². The summed E-state index contributed by atoms with van der Waals surface area (Å²) >= 11 is 3.03. The van der Waals surface area contributed by atoms with E-state index in [0.717, 1.165) is 18.2 Å². The highest BCUT2D eigenvalue weighted by molar-refractivity contribution is 9.10.